The summed E-state index contributed by atoms with van der Waals surface area (Å²) < 4.78 is 15.1. The Bertz CT molecular complexity index is 615. The second-order valence-corrected chi connectivity index (χ2v) is 5.27. The van der Waals surface area contributed by atoms with Crippen LogP contribution in [-0.4, -0.2) is 21.6 Å². The molecule has 0 amide bonds. The molecule has 5 heteroatoms. The molecule has 2 rings (SSSR count). The van der Waals surface area contributed by atoms with Crippen LogP contribution in [0, 0.1) is 18.2 Å². The number of hydrogen-bond donors (Lipinski definition) is 1. The van der Waals surface area contributed by atoms with Crippen LogP contribution in [0.15, 0.2) is 18.2 Å². The number of halogens is 1. The second-order valence-electron chi connectivity index (χ2n) is 4.28. The number of rotatable bonds is 5. The Labute approximate surface area is 116 Å². The smallest absolute Gasteiger partial charge is 0.127 e. The van der Waals surface area contributed by atoms with E-state index in [1.54, 1.807) is 17.8 Å². The van der Waals surface area contributed by atoms with E-state index in [2.05, 4.69) is 10.9 Å². The van der Waals surface area contributed by atoms with Crippen LogP contribution >= 0.6 is 11.8 Å². The van der Waals surface area contributed by atoms with Crippen molar-refractivity contribution in [2.24, 2.45) is 5.73 Å². The first-order chi connectivity index (χ1) is 9.17. The first-order valence-corrected chi connectivity index (χ1v) is 7.40. The molecule has 100 valence electrons. The summed E-state index contributed by atoms with van der Waals surface area (Å²) in [6.45, 7) is 0.393. The van der Waals surface area contributed by atoms with E-state index < -0.39 is 0 Å². The Balaban J connectivity index is 2.46. The fourth-order valence-corrected chi connectivity index (χ4v) is 2.53. The van der Waals surface area contributed by atoms with Gasteiger partial charge >= 0.3 is 0 Å². The highest BCUT2D eigenvalue weighted by molar-refractivity contribution is 7.98. The van der Waals surface area contributed by atoms with Crippen LogP contribution in [-0.2, 0) is 6.54 Å². The fourth-order valence-electron chi connectivity index (χ4n) is 2.04. The molecule has 1 heterocycles. The third kappa shape index (κ3) is 2.91. The normalized spacial score (nSPS) is 12.5. The zero-order chi connectivity index (χ0) is 13.8. The molecule has 1 aromatic carbocycles. The predicted molar refractivity (Wildman–Crippen MR) is 78.5 cm³/mol. The molecule has 2 aromatic rings. The topological polar surface area (TPSA) is 43.8 Å². The van der Waals surface area contributed by atoms with Crippen molar-refractivity contribution in [1.29, 1.82) is 0 Å². The van der Waals surface area contributed by atoms with Crippen LogP contribution < -0.4 is 5.73 Å². The Morgan fingerprint density at radius 3 is 3.05 bits per heavy atom. The number of thioether (sulfide) groups is 1. The molecule has 2 N–H and O–H groups in total. The fraction of sp³-hybridized carbons (Fsp3) is 0.357. The second kappa shape index (κ2) is 6.09. The monoisotopic (exact) mass is 277 g/mol. The number of nitrogens with zero attached hydrogens (tertiary/aromatic N) is 2. The van der Waals surface area contributed by atoms with Crippen molar-refractivity contribution in [3.63, 3.8) is 0 Å². The molecule has 0 aliphatic rings. The van der Waals surface area contributed by atoms with Crippen molar-refractivity contribution in [2.75, 3.05) is 12.0 Å². The van der Waals surface area contributed by atoms with E-state index in [-0.39, 0.29) is 11.9 Å². The number of benzene rings is 1. The van der Waals surface area contributed by atoms with E-state index in [1.165, 1.54) is 12.1 Å². The predicted octanol–water partition coefficient (Wildman–Crippen LogP) is 2.56. The van der Waals surface area contributed by atoms with Gasteiger partial charge in [-0.2, -0.15) is 11.8 Å². The van der Waals surface area contributed by atoms with Crippen molar-refractivity contribution in [3.8, 4) is 12.3 Å². The van der Waals surface area contributed by atoms with E-state index in [0.717, 1.165) is 23.5 Å². The van der Waals surface area contributed by atoms with Gasteiger partial charge in [0.05, 0.1) is 23.6 Å². The Morgan fingerprint density at radius 2 is 2.37 bits per heavy atom. The summed E-state index contributed by atoms with van der Waals surface area (Å²) >= 11 is 1.74. The molecular weight excluding hydrogens is 261 g/mol. The van der Waals surface area contributed by atoms with Crippen LogP contribution in [0.5, 0.6) is 0 Å². The molecule has 0 aliphatic heterocycles. The maximum Gasteiger partial charge on any atom is 0.127 e. The van der Waals surface area contributed by atoms with Gasteiger partial charge in [0.15, 0.2) is 0 Å². The molecule has 1 aromatic heterocycles. The number of imidazole rings is 1. The zero-order valence-electron chi connectivity index (χ0n) is 10.8. The standard InChI is InChI=1S/C14H16FN3S/c1-3-7-18-13-5-4-10(15)9-12(13)17-14(18)11(16)6-8-19-2/h1,4-5,9,11H,6-8,16H2,2H3. The molecule has 0 saturated carbocycles. The summed E-state index contributed by atoms with van der Waals surface area (Å²) in [6, 6.07) is 4.33. The Kier molecular flexibility index (Phi) is 4.46. The van der Waals surface area contributed by atoms with Gasteiger partial charge in [-0.05, 0) is 30.6 Å². The number of terminal acetylenes is 1. The van der Waals surface area contributed by atoms with Crippen molar-refractivity contribution in [3.05, 3.63) is 29.8 Å². The molecule has 19 heavy (non-hydrogen) atoms. The third-order valence-corrected chi connectivity index (χ3v) is 3.60. The molecule has 0 fully saturated rings. The lowest BCUT2D eigenvalue weighted by atomic mass is 10.2. The first kappa shape index (κ1) is 13.9. The van der Waals surface area contributed by atoms with Gasteiger partial charge in [0, 0.05) is 6.07 Å². The molecule has 3 nitrogen and oxygen atoms in total. The van der Waals surface area contributed by atoms with Gasteiger partial charge in [0.2, 0.25) is 0 Å². The van der Waals surface area contributed by atoms with Gasteiger partial charge in [-0.3, -0.25) is 0 Å². The number of hydrogen-bond acceptors (Lipinski definition) is 3. The van der Waals surface area contributed by atoms with Crippen molar-refractivity contribution in [2.45, 2.75) is 19.0 Å². The summed E-state index contributed by atoms with van der Waals surface area (Å²) in [5.74, 6) is 3.98. The largest absolute Gasteiger partial charge is 0.321 e. The maximum absolute atomic E-state index is 13.2. The van der Waals surface area contributed by atoms with E-state index in [1.807, 2.05) is 10.8 Å². The quantitative estimate of drug-likeness (QED) is 0.854. The molecule has 0 radical (unpaired) electrons. The average molecular weight is 277 g/mol. The molecular formula is C14H16FN3S. The summed E-state index contributed by atoms with van der Waals surface area (Å²) in [5, 5.41) is 0. The minimum Gasteiger partial charge on any atom is -0.321 e. The van der Waals surface area contributed by atoms with Crippen molar-refractivity contribution in [1.82, 2.24) is 9.55 Å². The highest BCUT2D eigenvalue weighted by Gasteiger charge is 2.16. The minimum atomic E-state index is -0.304. The van der Waals surface area contributed by atoms with Crippen LogP contribution in [0.4, 0.5) is 4.39 Å². The summed E-state index contributed by atoms with van der Waals surface area (Å²) in [5.41, 5.74) is 7.58. The third-order valence-electron chi connectivity index (χ3n) is 2.95. The highest BCUT2D eigenvalue weighted by Crippen LogP contribution is 2.23. The molecule has 0 aliphatic carbocycles. The van der Waals surface area contributed by atoms with Crippen molar-refractivity contribution < 1.29 is 4.39 Å². The molecule has 1 unspecified atom stereocenters. The van der Waals surface area contributed by atoms with E-state index >= 15 is 0 Å². The van der Waals surface area contributed by atoms with Gasteiger partial charge in [-0.15, -0.1) is 6.42 Å². The minimum absolute atomic E-state index is 0.184. The molecule has 0 spiro atoms. The average Bonchev–Trinajstić information content (AvgIpc) is 2.74. The summed E-state index contributed by atoms with van der Waals surface area (Å²) in [6.07, 6.45) is 8.24. The summed E-state index contributed by atoms with van der Waals surface area (Å²) in [4.78, 5) is 4.44. The summed E-state index contributed by atoms with van der Waals surface area (Å²) in [7, 11) is 0. The number of nitrogens with two attached hydrogens (primary N) is 1. The van der Waals surface area contributed by atoms with Gasteiger partial charge in [-0.25, -0.2) is 9.37 Å². The van der Waals surface area contributed by atoms with Gasteiger partial charge in [-0.1, -0.05) is 5.92 Å². The van der Waals surface area contributed by atoms with Gasteiger partial charge in [0.1, 0.15) is 11.6 Å². The van der Waals surface area contributed by atoms with E-state index in [9.17, 15) is 4.39 Å². The maximum atomic E-state index is 13.2. The van der Waals surface area contributed by atoms with Crippen LogP contribution in [0.25, 0.3) is 11.0 Å². The Morgan fingerprint density at radius 1 is 1.58 bits per heavy atom. The first-order valence-electron chi connectivity index (χ1n) is 6.01. The highest BCUT2D eigenvalue weighted by atomic mass is 32.2. The van der Waals surface area contributed by atoms with E-state index in [4.69, 9.17) is 12.2 Å². The van der Waals surface area contributed by atoms with Gasteiger partial charge < -0.3 is 10.3 Å². The lowest BCUT2D eigenvalue weighted by Gasteiger charge is -2.12. The van der Waals surface area contributed by atoms with Crippen LogP contribution in [0.1, 0.15) is 18.3 Å². The zero-order valence-corrected chi connectivity index (χ0v) is 11.6. The Hall–Kier alpha value is -1.51. The van der Waals surface area contributed by atoms with Crippen molar-refractivity contribution >= 4 is 22.8 Å². The van der Waals surface area contributed by atoms with Gasteiger partial charge in [0.25, 0.3) is 0 Å². The molecule has 0 bridgehead atoms. The number of fused-ring (bicyclic) bond motifs is 1. The lowest BCUT2D eigenvalue weighted by molar-refractivity contribution is 0.616. The molecule has 1 atom stereocenters. The lowest BCUT2D eigenvalue weighted by Crippen LogP contribution is -2.17. The van der Waals surface area contributed by atoms with E-state index in [0.29, 0.717) is 12.1 Å². The van der Waals surface area contributed by atoms with Crippen LogP contribution in [0.2, 0.25) is 0 Å². The SMILES string of the molecule is C#CCn1c(C(N)CCSC)nc2cc(F)ccc21. The van der Waals surface area contributed by atoms with Crippen LogP contribution in [0.3, 0.4) is 0 Å². The molecule has 0 saturated heterocycles. The number of aromatic nitrogens is 2.